The molecule has 1 unspecified atom stereocenters. The molecule has 0 aromatic rings. The van der Waals surface area contributed by atoms with Gasteiger partial charge in [0.1, 0.15) is 0 Å². The molecule has 2 aliphatic heterocycles. The smallest absolute Gasteiger partial charge is 0.191 e. The summed E-state index contributed by atoms with van der Waals surface area (Å²) >= 11 is 0. The maximum atomic E-state index is 9.28. The first-order valence-corrected chi connectivity index (χ1v) is 9.03. The van der Waals surface area contributed by atoms with Crippen molar-refractivity contribution in [1.29, 1.82) is 0 Å². The second-order valence-corrected chi connectivity index (χ2v) is 7.15. The van der Waals surface area contributed by atoms with Crippen molar-refractivity contribution in [1.82, 2.24) is 15.5 Å². The molecule has 0 radical (unpaired) electrons. The lowest BCUT2D eigenvalue weighted by Crippen LogP contribution is -2.46. The largest absolute Gasteiger partial charge is 0.396 e. The van der Waals surface area contributed by atoms with Crippen molar-refractivity contribution in [2.45, 2.75) is 32.6 Å². The fourth-order valence-corrected chi connectivity index (χ4v) is 3.42. The molecular weight excluding hydrogens is 419 g/mol. The Hall–Kier alpha value is -0.120. The SMILES string of the molecule is CN=C(NCCN1CCC(C)CC1)NCC1(CCO)CCOC1.I. The van der Waals surface area contributed by atoms with Crippen molar-refractivity contribution >= 4 is 29.9 Å². The predicted molar refractivity (Wildman–Crippen MR) is 109 cm³/mol. The Labute approximate surface area is 163 Å². The first-order chi connectivity index (χ1) is 11.2. The average Bonchev–Trinajstić information content (AvgIpc) is 3.02. The minimum Gasteiger partial charge on any atom is -0.396 e. The number of likely N-dealkylation sites (tertiary alicyclic amines) is 1. The van der Waals surface area contributed by atoms with Crippen molar-refractivity contribution < 1.29 is 9.84 Å². The molecule has 7 heteroatoms. The number of ether oxygens (including phenoxy) is 1. The van der Waals surface area contributed by atoms with Gasteiger partial charge in [-0.1, -0.05) is 6.92 Å². The molecule has 6 nitrogen and oxygen atoms in total. The summed E-state index contributed by atoms with van der Waals surface area (Å²) in [5.74, 6) is 1.73. The number of hydrogen-bond acceptors (Lipinski definition) is 4. The minimum absolute atomic E-state index is 0. The van der Waals surface area contributed by atoms with E-state index < -0.39 is 0 Å². The van der Waals surface area contributed by atoms with Crippen LogP contribution >= 0.6 is 24.0 Å². The Kier molecular flexibility index (Phi) is 10.5. The number of hydrogen-bond donors (Lipinski definition) is 3. The van der Waals surface area contributed by atoms with Crippen LogP contribution in [0.25, 0.3) is 0 Å². The topological polar surface area (TPSA) is 69.1 Å². The van der Waals surface area contributed by atoms with Crippen LogP contribution in [0.5, 0.6) is 0 Å². The lowest BCUT2D eigenvalue weighted by Gasteiger charge is -2.30. The molecule has 2 saturated heterocycles. The number of nitrogens with one attached hydrogen (secondary N) is 2. The van der Waals surface area contributed by atoms with Crippen molar-refractivity contribution in [3.8, 4) is 0 Å². The molecule has 0 aliphatic carbocycles. The Balaban J connectivity index is 0.00000288. The van der Waals surface area contributed by atoms with Crippen LogP contribution < -0.4 is 10.6 Å². The Bertz CT molecular complexity index is 368. The average molecular weight is 454 g/mol. The van der Waals surface area contributed by atoms with Gasteiger partial charge in [0.25, 0.3) is 0 Å². The van der Waals surface area contributed by atoms with Crippen LogP contribution in [0.3, 0.4) is 0 Å². The van der Waals surface area contributed by atoms with Gasteiger partial charge in [-0.15, -0.1) is 24.0 Å². The highest BCUT2D eigenvalue weighted by Crippen LogP contribution is 2.31. The number of aliphatic imine (C=N–C) groups is 1. The first-order valence-electron chi connectivity index (χ1n) is 9.03. The van der Waals surface area contributed by atoms with Crippen LogP contribution in [-0.2, 0) is 4.74 Å². The van der Waals surface area contributed by atoms with Gasteiger partial charge in [-0.2, -0.15) is 0 Å². The molecule has 0 saturated carbocycles. The third kappa shape index (κ3) is 7.01. The van der Waals surface area contributed by atoms with Crippen LogP contribution in [0.2, 0.25) is 0 Å². The molecule has 0 aromatic carbocycles. The van der Waals surface area contributed by atoms with Crippen LogP contribution in [0.1, 0.15) is 32.6 Å². The molecule has 0 amide bonds. The number of aliphatic hydroxyl groups excluding tert-OH is 1. The van der Waals surface area contributed by atoms with Gasteiger partial charge in [0.15, 0.2) is 5.96 Å². The van der Waals surface area contributed by atoms with Gasteiger partial charge in [0, 0.05) is 45.3 Å². The van der Waals surface area contributed by atoms with Crippen LogP contribution in [0, 0.1) is 11.3 Å². The number of piperidine rings is 1. The molecule has 2 aliphatic rings. The quantitative estimate of drug-likeness (QED) is 0.307. The summed E-state index contributed by atoms with van der Waals surface area (Å²) in [6.07, 6.45) is 4.42. The molecular formula is C17H35IN4O2. The number of rotatable bonds is 7. The van der Waals surface area contributed by atoms with Crippen molar-refractivity contribution in [2.75, 3.05) is 59.6 Å². The van der Waals surface area contributed by atoms with E-state index in [4.69, 9.17) is 4.74 Å². The molecule has 0 spiro atoms. The molecule has 0 aromatic heterocycles. The van der Waals surface area contributed by atoms with E-state index in [1.54, 1.807) is 0 Å². The van der Waals surface area contributed by atoms with Crippen LogP contribution in [0.4, 0.5) is 0 Å². The van der Waals surface area contributed by atoms with E-state index in [-0.39, 0.29) is 36.0 Å². The predicted octanol–water partition coefficient (Wildman–Crippen LogP) is 1.29. The Morgan fingerprint density at radius 1 is 1.33 bits per heavy atom. The molecule has 2 heterocycles. The van der Waals surface area contributed by atoms with Gasteiger partial charge in [0.2, 0.25) is 0 Å². The molecule has 2 fully saturated rings. The Morgan fingerprint density at radius 3 is 2.67 bits per heavy atom. The fraction of sp³-hybridized carbons (Fsp3) is 0.941. The number of guanidine groups is 1. The normalized spacial score (nSPS) is 26.2. The van der Waals surface area contributed by atoms with E-state index >= 15 is 0 Å². The lowest BCUT2D eigenvalue weighted by atomic mass is 9.84. The van der Waals surface area contributed by atoms with Gasteiger partial charge >= 0.3 is 0 Å². The van der Waals surface area contributed by atoms with E-state index in [9.17, 15) is 5.11 Å². The summed E-state index contributed by atoms with van der Waals surface area (Å²) in [6.45, 7) is 9.29. The third-order valence-corrected chi connectivity index (χ3v) is 5.28. The van der Waals surface area contributed by atoms with E-state index in [0.29, 0.717) is 0 Å². The minimum atomic E-state index is 0. The number of aliphatic hydroxyl groups is 1. The van der Waals surface area contributed by atoms with Gasteiger partial charge < -0.3 is 25.4 Å². The summed E-state index contributed by atoms with van der Waals surface area (Å²) < 4.78 is 5.53. The highest BCUT2D eigenvalue weighted by Gasteiger charge is 2.34. The Morgan fingerprint density at radius 2 is 2.08 bits per heavy atom. The van der Waals surface area contributed by atoms with Gasteiger partial charge in [-0.05, 0) is 44.7 Å². The molecule has 1 atom stereocenters. The first kappa shape index (κ1) is 21.9. The maximum absolute atomic E-state index is 9.28. The zero-order valence-electron chi connectivity index (χ0n) is 15.2. The van der Waals surface area contributed by atoms with E-state index in [1.807, 2.05) is 7.05 Å². The zero-order chi connectivity index (χ0) is 16.5. The molecule has 142 valence electrons. The monoisotopic (exact) mass is 454 g/mol. The number of nitrogens with zero attached hydrogens (tertiary/aromatic N) is 2. The molecule has 0 bridgehead atoms. The van der Waals surface area contributed by atoms with Crippen molar-refractivity contribution in [2.24, 2.45) is 16.3 Å². The fourth-order valence-electron chi connectivity index (χ4n) is 3.42. The second-order valence-electron chi connectivity index (χ2n) is 7.15. The van der Waals surface area contributed by atoms with Crippen LogP contribution in [0.15, 0.2) is 4.99 Å². The van der Waals surface area contributed by atoms with E-state index in [1.165, 1.54) is 25.9 Å². The maximum Gasteiger partial charge on any atom is 0.191 e. The highest BCUT2D eigenvalue weighted by molar-refractivity contribution is 14.0. The molecule has 2 rings (SSSR count). The van der Waals surface area contributed by atoms with Gasteiger partial charge in [-0.25, -0.2) is 0 Å². The lowest BCUT2D eigenvalue weighted by molar-refractivity contribution is 0.127. The van der Waals surface area contributed by atoms with Gasteiger partial charge in [-0.3, -0.25) is 4.99 Å². The summed E-state index contributed by atoms with van der Waals surface area (Å²) in [7, 11) is 1.81. The number of halogens is 1. The van der Waals surface area contributed by atoms with Crippen LogP contribution in [-0.4, -0.2) is 75.6 Å². The summed E-state index contributed by atoms with van der Waals surface area (Å²) in [6, 6.07) is 0. The van der Waals surface area contributed by atoms with Crippen molar-refractivity contribution in [3.05, 3.63) is 0 Å². The summed E-state index contributed by atoms with van der Waals surface area (Å²) in [5, 5.41) is 16.1. The van der Waals surface area contributed by atoms with Gasteiger partial charge in [0.05, 0.1) is 6.61 Å². The second kappa shape index (κ2) is 11.5. The van der Waals surface area contributed by atoms with E-state index in [0.717, 1.165) is 57.6 Å². The summed E-state index contributed by atoms with van der Waals surface area (Å²) in [5.41, 5.74) is 0.0510. The highest BCUT2D eigenvalue weighted by atomic mass is 127. The molecule has 24 heavy (non-hydrogen) atoms. The third-order valence-electron chi connectivity index (χ3n) is 5.28. The van der Waals surface area contributed by atoms with E-state index in [2.05, 4.69) is 27.4 Å². The van der Waals surface area contributed by atoms with Crippen molar-refractivity contribution in [3.63, 3.8) is 0 Å². The standard InChI is InChI=1S/C17H34N4O2.HI/c1-15-3-8-21(9-4-15)10-7-19-16(18-2)20-13-17(5-11-22)6-12-23-14-17;/h15,22H,3-14H2,1-2H3,(H2,18,19,20);1H. The zero-order valence-corrected chi connectivity index (χ0v) is 17.6. The summed E-state index contributed by atoms with van der Waals surface area (Å²) in [4.78, 5) is 6.83. The molecule has 3 N–H and O–H groups in total.